The van der Waals surface area contributed by atoms with Crippen LogP contribution in [0.5, 0.6) is 0 Å². The van der Waals surface area contributed by atoms with E-state index in [-0.39, 0.29) is 16.5 Å². The fraction of sp³-hybridized carbons (Fsp3) is 0.0667. The summed E-state index contributed by atoms with van der Waals surface area (Å²) in [7, 11) is 0. The Balaban J connectivity index is 2.19. The molecule has 0 aliphatic heterocycles. The number of benzene rings is 1. The van der Waals surface area contributed by atoms with E-state index in [0.29, 0.717) is 5.56 Å². The van der Waals surface area contributed by atoms with Crippen molar-refractivity contribution in [2.75, 3.05) is 0 Å². The normalized spacial score (nSPS) is 10.8. The first-order valence-corrected chi connectivity index (χ1v) is 6.27. The highest BCUT2D eigenvalue weighted by Gasteiger charge is 2.25. The van der Waals surface area contributed by atoms with E-state index < -0.39 is 0 Å². The molecule has 0 unspecified atom stereocenters. The molecule has 20 heavy (non-hydrogen) atoms. The summed E-state index contributed by atoms with van der Waals surface area (Å²) in [5, 5.41) is 11.3. The highest BCUT2D eigenvalue weighted by atomic mass is 16.6. The van der Waals surface area contributed by atoms with Crippen molar-refractivity contribution in [2.24, 2.45) is 0 Å². The lowest BCUT2D eigenvalue weighted by atomic mass is 9.91. The molecule has 1 aromatic carbocycles. The van der Waals surface area contributed by atoms with Crippen LogP contribution >= 0.6 is 0 Å². The number of nitro groups is 1. The van der Waals surface area contributed by atoms with Crippen molar-refractivity contribution in [2.45, 2.75) is 5.92 Å². The smallest absolute Gasteiger partial charge is 0.273 e. The molecule has 3 aromatic rings. The summed E-state index contributed by atoms with van der Waals surface area (Å²) in [6, 6.07) is 14.5. The second kappa shape index (κ2) is 5.05. The minimum atomic E-state index is -0.339. The largest absolute Gasteiger partial charge is 0.364 e. The quantitative estimate of drug-likeness (QED) is 0.561. The summed E-state index contributed by atoms with van der Waals surface area (Å²) in [6.07, 6.45) is 3.64. The van der Waals surface area contributed by atoms with Crippen LogP contribution in [-0.2, 0) is 0 Å². The van der Waals surface area contributed by atoms with Crippen LogP contribution in [0, 0.1) is 10.1 Å². The number of aromatic amines is 2. The Morgan fingerprint density at radius 2 is 1.50 bits per heavy atom. The van der Waals surface area contributed by atoms with Crippen molar-refractivity contribution < 1.29 is 4.92 Å². The van der Waals surface area contributed by atoms with E-state index in [1.54, 1.807) is 12.1 Å². The maximum atomic E-state index is 11.3. The van der Waals surface area contributed by atoms with Crippen LogP contribution in [0.4, 0.5) is 5.69 Å². The molecule has 0 fully saturated rings. The Bertz CT molecular complexity index is 668. The molecule has 0 bridgehead atoms. The van der Waals surface area contributed by atoms with Gasteiger partial charge in [0.15, 0.2) is 0 Å². The highest BCUT2D eigenvalue weighted by Crippen LogP contribution is 2.35. The van der Waals surface area contributed by atoms with Crippen LogP contribution in [0.15, 0.2) is 60.9 Å². The minimum Gasteiger partial charge on any atom is -0.364 e. The van der Waals surface area contributed by atoms with Crippen LogP contribution in [0.1, 0.15) is 22.9 Å². The van der Waals surface area contributed by atoms with Gasteiger partial charge < -0.3 is 9.97 Å². The molecule has 0 saturated heterocycles. The molecule has 5 nitrogen and oxygen atoms in total. The van der Waals surface area contributed by atoms with Crippen molar-refractivity contribution in [1.29, 1.82) is 0 Å². The zero-order valence-corrected chi connectivity index (χ0v) is 10.6. The number of hydrogen-bond donors (Lipinski definition) is 2. The van der Waals surface area contributed by atoms with E-state index in [9.17, 15) is 10.1 Å². The molecule has 100 valence electrons. The van der Waals surface area contributed by atoms with Gasteiger partial charge in [0.05, 0.1) is 10.8 Å². The topological polar surface area (TPSA) is 74.7 Å². The summed E-state index contributed by atoms with van der Waals surface area (Å²) in [6.45, 7) is 0. The summed E-state index contributed by atoms with van der Waals surface area (Å²) >= 11 is 0. The number of H-pyrrole nitrogens is 2. The fourth-order valence-corrected chi connectivity index (χ4v) is 2.45. The molecular weight excluding hydrogens is 254 g/mol. The molecule has 0 spiro atoms. The van der Waals surface area contributed by atoms with E-state index in [4.69, 9.17) is 0 Å². The Hall–Kier alpha value is -2.82. The third-order valence-electron chi connectivity index (χ3n) is 3.31. The zero-order valence-electron chi connectivity index (χ0n) is 10.6. The molecule has 0 radical (unpaired) electrons. The van der Waals surface area contributed by atoms with Crippen molar-refractivity contribution in [3.05, 3.63) is 88.0 Å². The average molecular weight is 267 g/mol. The molecule has 0 atom stereocenters. The van der Waals surface area contributed by atoms with Crippen molar-refractivity contribution in [3.63, 3.8) is 0 Å². The number of hydrogen-bond acceptors (Lipinski definition) is 2. The van der Waals surface area contributed by atoms with Gasteiger partial charge in [0, 0.05) is 35.4 Å². The number of nitrogens with one attached hydrogen (secondary N) is 2. The molecule has 2 aromatic heterocycles. The van der Waals surface area contributed by atoms with E-state index in [0.717, 1.165) is 11.4 Å². The van der Waals surface area contributed by atoms with Crippen LogP contribution in [-0.4, -0.2) is 14.9 Å². The molecule has 3 rings (SSSR count). The summed E-state index contributed by atoms with van der Waals surface area (Å²) < 4.78 is 0. The summed E-state index contributed by atoms with van der Waals surface area (Å²) in [5.74, 6) is -0.207. The Labute approximate surface area is 115 Å². The molecule has 0 saturated carbocycles. The third kappa shape index (κ3) is 2.09. The van der Waals surface area contributed by atoms with E-state index in [1.807, 2.05) is 42.7 Å². The van der Waals surface area contributed by atoms with Crippen molar-refractivity contribution in [1.82, 2.24) is 9.97 Å². The van der Waals surface area contributed by atoms with E-state index in [2.05, 4.69) is 9.97 Å². The average Bonchev–Trinajstić information content (AvgIpc) is 3.13. The maximum Gasteiger partial charge on any atom is 0.273 e. The van der Waals surface area contributed by atoms with Crippen molar-refractivity contribution in [3.8, 4) is 0 Å². The fourth-order valence-electron chi connectivity index (χ4n) is 2.45. The van der Waals surface area contributed by atoms with Gasteiger partial charge in [0.1, 0.15) is 0 Å². The first-order chi connectivity index (χ1) is 9.77. The lowest BCUT2D eigenvalue weighted by Crippen LogP contribution is -2.07. The molecule has 2 N–H and O–H groups in total. The zero-order chi connectivity index (χ0) is 13.9. The van der Waals surface area contributed by atoms with Crippen LogP contribution in [0.25, 0.3) is 0 Å². The van der Waals surface area contributed by atoms with Crippen molar-refractivity contribution >= 4 is 5.69 Å². The SMILES string of the molecule is O=[N+]([O-])c1ccccc1C(c1ccc[nH]1)c1ccc[nH]1. The van der Waals surface area contributed by atoms with Crippen LogP contribution in [0.3, 0.4) is 0 Å². The molecular formula is C15H13N3O2. The Morgan fingerprint density at radius 3 is 2.00 bits per heavy atom. The first-order valence-electron chi connectivity index (χ1n) is 6.27. The Morgan fingerprint density at radius 1 is 0.900 bits per heavy atom. The second-order valence-electron chi connectivity index (χ2n) is 4.50. The predicted molar refractivity (Wildman–Crippen MR) is 75.6 cm³/mol. The Kier molecular flexibility index (Phi) is 3.09. The lowest BCUT2D eigenvalue weighted by molar-refractivity contribution is -0.385. The van der Waals surface area contributed by atoms with E-state index >= 15 is 0 Å². The first kappa shape index (κ1) is 12.2. The molecule has 5 heteroatoms. The number of rotatable bonds is 4. The number of aromatic nitrogens is 2. The van der Waals surface area contributed by atoms with Crippen LogP contribution < -0.4 is 0 Å². The standard InChI is InChI=1S/C15H13N3O2/c19-18(20)14-8-2-1-5-11(14)15(12-6-3-9-16-12)13-7-4-10-17-13/h1-10,15-17H. The van der Waals surface area contributed by atoms with Crippen LogP contribution in [0.2, 0.25) is 0 Å². The van der Waals surface area contributed by atoms with Gasteiger partial charge in [-0.25, -0.2) is 0 Å². The minimum absolute atomic E-state index is 0.127. The third-order valence-corrected chi connectivity index (χ3v) is 3.31. The van der Waals surface area contributed by atoms with E-state index in [1.165, 1.54) is 6.07 Å². The van der Waals surface area contributed by atoms with Gasteiger partial charge in [0.25, 0.3) is 5.69 Å². The maximum absolute atomic E-state index is 11.3. The van der Waals surface area contributed by atoms with Gasteiger partial charge in [-0.3, -0.25) is 10.1 Å². The molecule has 0 amide bonds. The molecule has 0 aliphatic rings. The number of nitrogens with zero attached hydrogens (tertiary/aromatic N) is 1. The molecule has 2 heterocycles. The van der Waals surface area contributed by atoms with Gasteiger partial charge in [-0.15, -0.1) is 0 Å². The van der Waals surface area contributed by atoms with Gasteiger partial charge in [-0.1, -0.05) is 18.2 Å². The summed E-state index contributed by atoms with van der Waals surface area (Å²) in [4.78, 5) is 17.2. The highest BCUT2D eigenvalue weighted by molar-refractivity contribution is 5.49. The molecule has 0 aliphatic carbocycles. The lowest BCUT2D eigenvalue weighted by Gasteiger charge is -2.15. The predicted octanol–water partition coefficient (Wildman–Crippen LogP) is 3.43. The second-order valence-corrected chi connectivity index (χ2v) is 4.50. The number of nitro benzene ring substituents is 1. The van der Waals surface area contributed by atoms with Gasteiger partial charge >= 0.3 is 0 Å². The van der Waals surface area contributed by atoms with Gasteiger partial charge in [-0.2, -0.15) is 0 Å². The monoisotopic (exact) mass is 267 g/mol. The number of para-hydroxylation sites is 1. The van der Waals surface area contributed by atoms with Gasteiger partial charge in [0.2, 0.25) is 0 Å². The summed E-state index contributed by atoms with van der Waals surface area (Å²) in [5.41, 5.74) is 2.63. The van der Waals surface area contributed by atoms with Gasteiger partial charge in [-0.05, 0) is 24.3 Å².